The Hall–Kier alpha value is -3.27. The van der Waals surface area contributed by atoms with Gasteiger partial charge in [0.25, 0.3) is 11.6 Å². The minimum atomic E-state index is -0.589. The van der Waals surface area contributed by atoms with Crippen LogP contribution in [-0.4, -0.2) is 27.2 Å². The molecule has 1 N–H and O–H groups in total. The van der Waals surface area contributed by atoms with E-state index >= 15 is 0 Å². The molecule has 1 aromatic heterocycles. The number of aryl methyl sites for hydroxylation is 1. The first-order valence-corrected chi connectivity index (χ1v) is 8.82. The maximum Gasteiger partial charge on any atom is 0.269 e. The molecule has 3 aromatic rings. The number of aromatic nitrogens is 2. The van der Waals surface area contributed by atoms with Gasteiger partial charge < -0.3 is 10.1 Å². The highest BCUT2D eigenvalue weighted by molar-refractivity contribution is 9.10. The lowest BCUT2D eigenvalue weighted by molar-refractivity contribution is -0.384. The average Bonchev–Trinajstić information content (AvgIpc) is 3.01. The van der Waals surface area contributed by atoms with E-state index in [9.17, 15) is 19.3 Å². The second kappa shape index (κ2) is 8.17. The first-order chi connectivity index (χ1) is 13.3. The fourth-order valence-electron chi connectivity index (χ4n) is 2.42. The van der Waals surface area contributed by atoms with Gasteiger partial charge in [0.15, 0.2) is 18.2 Å². The minimum Gasteiger partial charge on any atom is -0.481 e. The number of benzene rings is 2. The molecular formula is C18H14BrFN4O4. The summed E-state index contributed by atoms with van der Waals surface area (Å²) >= 11 is 3.14. The molecule has 144 valence electrons. The Labute approximate surface area is 167 Å². The third kappa shape index (κ3) is 4.52. The summed E-state index contributed by atoms with van der Waals surface area (Å²) in [6, 6.07) is 11.6. The molecule has 0 saturated heterocycles. The molecule has 0 fully saturated rings. The number of non-ortho nitro benzene ring substituents is 1. The largest absolute Gasteiger partial charge is 0.481 e. The van der Waals surface area contributed by atoms with Gasteiger partial charge in [-0.05, 0) is 37.3 Å². The van der Waals surface area contributed by atoms with Crippen LogP contribution in [0.4, 0.5) is 15.9 Å². The van der Waals surface area contributed by atoms with Gasteiger partial charge in [0.1, 0.15) is 5.82 Å². The molecule has 1 heterocycles. The van der Waals surface area contributed by atoms with Crippen molar-refractivity contribution in [3.63, 3.8) is 0 Å². The Morgan fingerprint density at radius 2 is 2.00 bits per heavy atom. The second-order valence-electron chi connectivity index (χ2n) is 5.77. The SMILES string of the molecule is Cc1cc(NC(=O)COc2ccc(Br)cc2F)n(-c2ccc([N+](=O)[O-])cc2)n1. The van der Waals surface area contributed by atoms with Gasteiger partial charge in [-0.1, -0.05) is 15.9 Å². The lowest BCUT2D eigenvalue weighted by Gasteiger charge is -2.10. The number of rotatable bonds is 6. The van der Waals surface area contributed by atoms with E-state index in [0.29, 0.717) is 21.7 Å². The first kappa shape index (κ1) is 19.5. The lowest BCUT2D eigenvalue weighted by Crippen LogP contribution is -2.22. The standard InChI is InChI=1S/C18H14BrFN4O4/c1-11-8-17(23(22-11)13-3-5-14(6-4-13)24(26)27)21-18(25)10-28-16-7-2-12(19)9-15(16)20/h2-9H,10H2,1H3,(H,21,25). The van der Waals surface area contributed by atoms with Crippen molar-refractivity contribution < 1.29 is 18.8 Å². The van der Waals surface area contributed by atoms with Crippen LogP contribution in [0.5, 0.6) is 5.75 Å². The van der Waals surface area contributed by atoms with Crippen molar-refractivity contribution in [3.05, 3.63) is 74.6 Å². The number of ether oxygens (including phenoxy) is 1. The molecule has 0 unspecified atom stereocenters. The zero-order valence-electron chi connectivity index (χ0n) is 14.6. The van der Waals surface area contributed by atoms with Crippen LogP contribution in [0.25, 0.3) is 5.69 Å². The molecule has 2 aromatic carbocycles. The van der Waals surface area contributed by atoms with Crippen LogP contribution < -0.4 is 10.1 Å². The minimum absolute atomic E-state index is 0.0431. The van der Waals surface area contributed by atoms with Crippen molar-refractivity contribution in [2.45, 2.75) is 6.92 Å². The molecular weight excluding hydrogens is 435 g/mol. The number of hydrogen-bond acceptors (Lipinski definition) is 5. The van der Waals surface area contributed by atoms with Gasteiger partial charge in [0, 0.05) is 22.7 Å². The second-order valence-corrected chi connectivity index (χ2v) is 6.68. The van der Waals surface area contributed by atoms with Crippen LogP contribution in [0.1, 0.15) is 5.69 Å². The molecule has 3 rings (SSSR count). The summed E-state index contributed by atoms with van der Waals surface area (Å²) in [5, 5.41) is 17.7. The molecule has 0 saturated carbocycles. The number of nitrogens with one attached hydrogen (secondary N) is 1. The van der Waals surface area contributed by atoms with Gasteiger partial charge >= 0.3 is 0 Å². The van der Waals surface area contributed by atoms with Crippen LogP contribution in [0.2, 0.25) is 0 Å². The van der Waals surface area contributed by atoms with Crippen LogP contribution in [0.15, 0.2) is 53.0 Å². The fourth-order valence-corrected chi connectivity index (χ4v) is 2.75. The van der Waals surface area contributed by atoms with Gasteiger partial charge in [-0.15, -0.1) is 0 Å². The number of nitro groups is 1. The molecule has 0 spiro atoms. The van der Waals surface area contributed by atoms with Gasteiger partial charge in [-0.2, -0.15) is 5.10 Å². The Balaban J connectivity index is 1.72. The molecule has 0 aliphatic carbocycles. The predicted molar refractivity (Wildman–Crippen MR) is 103 cm³/mol. The van der Waals surface area contributed by atoms with E-state index in [0.717, 1.165) is 0 Å². The van der Waals surface area contributed by atoms with Crippen molar-refractivity contribution >= 4 is 33.3 Å². The highest BCUT2D eigenvalue weighted by Gasteiger charge is 2.14. The zero-order valence-corrected chi connectivity index (χ0v) is 16.1. The van der Waals surface area contributed by atoms with E-state index in [1.165, 1.54) is 41.1 Å². The van der Waals surface area contributed by atoms with Crippen molar-refractivity contribution in [1.29, 1.82) is 0 Å². The number of carbonyl (C=O) groups is 1. The summed E-state index contributed by atoms with van der Waals surface area (Å²) in [6.45, 7) is 1.34. The average molecular weight is 449 g/mol. The van der Waals surface area contributed by atoms with Gasteiger partial charge in [-0.25, -0.2) is 9.07 Å². The molecule has 0 radical (unpaired) electrons. The molecule has 1 amide bonds. The van der Waals surface area contributed by atoms with E-state index in [1.807, 2.05) is 0 Å². The van der Waals surface area contributed by atoms with E-state index in [2.05, 4.69) is 26.3 Å². The van der Waals surface area contributed by atoms with Crippen molar-refractivity contribution in [1.82, 2.24) is 9.78 Å². The molecule has 28 heavy (non-hydrogen) atoms. The van der Waals surface area contributed by atoms with Crippen LogP contribution in [0.3, 0.4) is 0 Å². The third-order valence-electron chi connectivity index (χ3n) is 3.66. The van der Waals surface area contributed by atoms with E-state index in [1.54, 1.807) is 19.1 Å². The summed E-state index contributed by atoms with van der Waals surface area (Å²) in [5.74, 6) is -0.783. The summed E-state index contributed by atoms with van der Waals surface area (Å²) in [4.78, 5) is 22.5. The number of amides is 1. The number of carbonyl (C=O) groups excluding carboxylic acids is 1. The lowest BCUT2D eigenvalue weighted by atomic mass is 10.3. The Morgan fingerprint density at radius 3 is 2.64 bits per heavy atom. The highest BCUT2D eigenvalue weighted by atomic mass is 79.9. The summed E-state index contributed by atoms with van der Waals surface area (Å²) in [7, 11) is 0. The van der Waals surface area contributed by atoms with Crippen molar-refractivity contribution in [3.8, 4) is 11.4 Å². The quantitative estimate of drug-likeness (QED) is 0.453. The van der Waals surface area contributed by atoms with Crippen LogP contribution >= 0.6 is 15.9 Å². The Bertz CT molecular complexity index is 1040. The van der Waals surface area contributed by atoms with E-state index in [-0.39, 0.29) is 11.4 Å². The maximum absolute atomic E-state index is 13.8. The zero-order chi connectivity index (χ0) is 20.3. The van der Waals surface area contributed by atoms with Crippen molar-refractivity contribution in [2.75, 3.05) is 11.9 Å². The Morgan fingerprint density at radius 1 is 1.29 bits per heavy atom. The number of nitrogens with zero attached hydrogens (tertiary/aromatic N) is 3. The van der Waals surface area contributed by atoms with Gasteiger partial charge in [0.05, 0.1) is 16.3 Å². The van der Waals surface area contributed by atoms with Crippen molar-refractivity contribution in [2.24, 2.45) is 0 Å². The fraction of sp³-hybridized carbons (Fsp3) is 0.111. The van der Waals surface area contributed by atoms with Gasteiger partial charge in [-0.3, -0.25) is 14.9 Å². The molecule has 10 heteroatoms. The van der Waals surface area contributed by atoms with Crippen LogP contribution in [-0.2, 0) is 4.79 Å². The van der Waals surface area contributed by atoms with E-state index in [4.69, 9.17) is 4.74 Å². The maximum atomic E-state index is 13.8. The summed E-state index contributed by atoms with van der Waals surface area (Å²) in [5.41, 5.74) is 1.12. The summed E-state index contributed by atoms with van der Waals surface area (Å²) < 4.78 is 21.0. The van der Waals surface area contributed by atoms with Gasteiger partial charge in [0.2, 0.25) is 0 Å². The predicted octanol–water partition coefficient (Wildman–Crippen LogP) is 4.01. The number of hydrogen-bond donors (Lipinski definition) is 1. The highest BCUT2D eigenvalue weighted by Crippen LogP contribution is 2.22. The molecule has 0 bridgehead atoms. The normalized spacial score (nSPS) is 10.5. The molecule has 0 aliphatic rings. The number of nitro benzene ring substituents is 1. The smallest absolute Gasteiger partial charge is 0.269 e. The molecule has 8 nitrogen and oxygen atoms in total. The van der Waals surface area contributed by atoms with Crippen LogP contribution in [0, 0.1) is 22.9 Å². The van der Waals surface area contributed by atoms with E-state index < -0.39 is 23.3 Å². The topological polar surface area (TPSA) is 99.3 Å². The number of halogens is 2. The monoisotopic (exact) mass is 448 g/mol. The summed E-state index contributed by atoms with van der Waals surface area (Å²) in [6.07, 6.45) is 0. The molecule has 0 aliphatic heterocycles. The number of anilines is 1. The molecule has 0 atom stereocenters. The first-order valence-electron chi connectivity index (χ1n) is 8.02. The Kier molecular flexibility index (Phi) is 5.69. The third-order valence-corrected chi connectivity index (χ3v) is 4.15.